The van der Waals surface area contributed by atoms with Crippen molar-refractivity contribution in [1.82, 2.24) is 0 Å². The molecule has 0 N–H and O–H groups in total. The Labute approximate surface area is 211 Å². The van der Waals surface area contributed by atoms with Gasteiger partial charge in [-0.15, -0.1) is 0 Å². The number of hydrogen-bond donors (Lipinski definition) is 0. The molecule has 1 aliphatic rings. The summed E-state index contributed by atoms with van der Waals surface area (Å²) < 4.78 is 1.05. The zero-order chi connectivity index (χ0) is 24.2. The quantitative estimate of drug-likeness (QED) is 0.149. The van der Waals surface area contributed by atoms with Crippen LogP contribution in [0.2, 0.25) is 0 Å². The number of hydrogen-bond acceptors (Lipinski definition) is 5. The molecule has 35 heavy (non-hydrogen) atoms. The van der Waals surface area contributed by atoms with Crippen LogP contribution in [0.5, 0.6) is 0 Å². The third kappa shape index (κ3) is 5.20. The van der Waals surface area contributed by atoms with E-state index in [0.717, 1.165) is 39.1 Å². The molecule has 0 aliphatic carbocycles. The molecular weight excluding hydrogens is 504 g/mol. The summed E-state index contributed by atoms with van der Waals surface area (Å²) in [5, 5.41) is 18.0. The van der Waals surface area contributed by atoms with Gasteiger partial charge in [0.2, 0.25) is 0 Å². The zero-order valence-corrected chi connectivity index (χ0v) is 20.2. The van der Waals surface area contributed by atoms with Crippen LogP contribution in [0.3, 0.4) is 0 Å². The fraction of sp³-hybridized carbons (Fsp3) is 0.0714. The molecule has 4 aromatic carbocycles. The minimum absolute atomic E-state index is 0.0618. The van der Waals surface area contributed by atoms with Gasteiger partial charge in [0.15, 0.2) is 0 Å². The number of nitro groups is 1. The number of aliphatic imine (C=N–C) groups is 1. The third-order valence-corrected chi connectivity index (χ3v) is 6.36. The molecule has 0 aromatic heterocycles. The van der Waals surface area contributed by atoms with Gasteiger partial charge in [-0.05, 0) is 65.2 Å². The summed E-state index contributed by atoms with van der Waals surface area (Å²) in [4.78, 5) is 15.0. The number of halogens is 1. The van der Waals surface area contributed by atoms with Gasteiger partial charge in [-0.3, -0.25) is 20.1 Å². The minimum atomic E-state index is -0.410. The summed E-state index contributed by atoms with van der Waals surface area (Å²) in [6.45, 7) is 0. The Bertz CT molecular complexity index is 1400. The molecule has 5 rings (SSSR count). The van der Waals surface area contributed by atoms with Gasteiger partial charge in [-0.2, -0.15) is 5.10 Å². The second-order valence-corrected chi connectivity index (χ2v) is 9.07. The van der Waals surface area contributed by atoms with Crippen LogP contribution in [0.1, 0.15) is 29.2 Å². The maximum Gasteiger partial charge on any atom is 0.269 e. The number of nitrogens with zero attached hydrogens (tertiary/aromatic N) is 4. The van der Waals surface area contributed by atoms with Crippen molar-refractivity contribution in [2.75, 3.05) is 5.01 Å². The minimum Gasteiger partial charge on any atom is -0.258 e. The number of rotatable bonds is 6. The van der Waals surface area contributed by atoms with Crippen molar-refractivity contribution in [3.63, 3.8) is 0 Å². The van der Waals surface area contributed by atoms with E-state index < -0.39 is 4.92 Å². The van der Waals surface area contributed by atoms with Gasteiger partial charge in [-0.1, -0.05) is 58.4 Å². The second kappa shape index (κ2) is 10.0. The Hall–Kier alpha value is -4.10. The molecule has 172 valence electrons. The van der Waals surface area contributed by atoms with Gasteiger partial charge >= 0.3 is 0 Å². The molecule has 0 amide bonds. The summed E-state index contributed by atoms with van der Waals surface area (Å²) in [6, 6.07) is 33.0. The van der Waals surface area contributed by atoms with E-state index in [1.807, 2.05) is 36.4 Å². The Balaban J connectivity index is 1.42. The van der Waals surface area contributed by atoms with E-state index in [-0.39, 0.29) is 11.7 Å². The van der Waals surface area contributed by atoms with Crippen LogP contribution >= 0.6 is 15.9 Å². The summed E-state index contributed by atoms with van der Waals surface area (Å²) in [6.07, 6.45) is 2.48. The van der Waals surface area contributed by atoms with Crippen molar-refractivity contribution in [2.24, 2.45) is 10.1 Å². The lowest BCUT2D eigenvalue weighted by atomic mass is 9.98. The molecule has 1 heterocycles. The number of nitro benzene ring substituents is 1. The molecule has 0 fully saturated rings. The SMILES string of the molecule is O=[N+]([O-])c1ccc(C=Nc2cccc(C3=NN(c4ccccc4)C(c4ccc(Br)cc4)C3)c2)cc1. The van der Waals surface area contributed by atoms with Crippen molar-refractivity contribution >= 4 is 44.9 Å². The van der Waals surface area contributed by atoms with Crippen LogP contribution in [0.15, 0.2) is 118 Å². The topological polar surface area (TPSA) is 71.1 Å². The van der Waals surface area contributed by atoms with E-state index >= 15 is 0 Å². The van der Waals surface area contributed by atoms with Crippen LogP contribution in [-0.4, -0.2) is 16.8 Å². The van der Waals surface area contributed by atoms with E-state index in [2.05, 4.69) is 68.4 Å². The fourth-order valence-electron chi connectivity index (χ4n) is 4.05. The molecule has 1 atom stereocenters. The molecule has 6 nitrogen and oxygen atoms in total. The summed E-state index contributed by atoms with van der Waals surface area (Å²) in [5.74, 6) is 0. The van der Waals surface area contributed by atoms with Crippen molar-refractivity contribution in [1.29, 1.82) is 0 Å². The molecule has 0 spiro atoms. The molecule has 1 unspecified atom stereocenters. The monoisotopic (exact) mass is 524 g/mol. The fourth-order valence-corrected chi connectivity index (χ4v) is 4.31. The first-order chi connectivity index (χ1) is 17.1. The number of benzene rings is 4. The molecule has 7 heteroatoms. The average Bonchev–Trinajstić information content (AvgIpc) is 3.34. The summed E-state index contributed by atoms with van der Waals surface area (Å²) >= 11 is 3.53. The van der Waals surface area contributed by atoms with Crippen LogP contribution in [0.4, 0.5) is 17.1 Å². The molecule has 1 aliphatic heterocycles. The van der Waals surface area contributed by atoms with Gasteiger partial charge in [0.05, 0.1) is 28.1 Å². The first-order valence-electron chi connectivity index (χ1n) is 11.1. The van der Waals surface area contributed by atoms with Crippen LogP contribution < -0.4 is 5.01 Å². The number of hydrazone groups is 1. The van der Waals surface area contributed by atoms with E-state index in [4.69, 9.17) is 5.10 Å². The molecule has 4 aromatic rings. The van der Waals surface area contributed by atoms with Gasteiger partial charge < -0.3 is 0 Å². The predicted molar refractivity (Wildman–Crippen MR) is 144 cm³/mol. The predicted octanol–water partition coefficient (Wildman–Crippen LogP) is 7.46. The molecule has 0 saturated heterocycles. The van der Waals surface area contributed by atoms with Crippen LogP contribution in [0, 0.1) is 10.1 Å². The van der Waals surface area contributed by atoms with Crippen LogP contribution in [0.25, 0.3) is 0 Å². The lowest BCUT2D eigenvalue weighted by molar-refractivity contribution is -0.384. The molecular formula is C28H21BrN4O2. The van der Waals surface area contributed by atoms with E-state index in [1.54, 1.807) is 18.3 Å². The lowest BCUT2D eigenvalue weighted by Crippen LogP contribution is -2.18. The van der Waals surface area contributed by atoms with Crippen molar-refractivity contribution in [3.8, 4) is 0 Å². The first-order valence-corrected chi connectivity index (χ1v) is 11.9. The number of para-hydroxylation sites is 1. The van der Waals surface area contributed by atoms with E-state index in [0.29, 0.717) is 0 Å². The standard InChI is InChI=1S/C28H21BrN4O2/c29-23-13-11-21(12-14-23)28-18-27(31-32(28)25-7-2-1-3-8-25)22-5-4-6-24(17-22)30-19-20-9-15-26(16-10-20)33(34)35/h1-17,19,28H,18H2. The molecule has 0 saturated carbocycles. The Morgan fingerprint density at radius 3 is 2.40 bits per heavy atom. The highest BCUT2D eigenvalue weighted by Gasteiger charge is 2.29. The Morgan fingerprint density at radius 1 is 0.943 bits per heavy atom. The molecule has 0 bridgehead atoms. The first kappa shape index (κ1) is 22.7. The highest BCUT2D eigenvalue weighted by atomic mass is 79.9. The number of non-ortho nitro benzene ring substituents is 1. The largest absolute Gasteiger partial charge is 0.269 e. The Morgan fingerprint density at radius 2 is 1.69 bits per heavy atom. The Kier molecular flexibility index (Phi) is 6.50. The van der Waals surface area contributed by atoms with Crippen LogP contribution in [-0.2, 0) is 0 Å². The van der Waals surface area contributed by atoms with Gasteiger partial charge in [0.25, 0.3) is 5.69 Å². The maximum absolute atomic E-state index is 10.9. The highest BCUT2D eigenvalue weighted by molar-refractivity contribution is 9.10. The van der Waals surface area contributed by atoms with Gasteiger partial charge in [0.1, 0.15) is 0 Å². The van der Waals surface area contributed by atoms with E-state index in [9.17, 15) is 10.1 Å². The summed E-state index contributed by atoms with van der Waals surface area (Å²) in [7, 11) is 0. The van der Waals surface area contributed by atoms with Gasteiger partial charge in [-0.25, -0.2) is 0 Å². The average molecular weight is 525 g/mol. The van der Waals surface area contributed by atoms with Crippen molar-refractivity contribution < 1.29 is 4.92 Å². The van der Waals surface area contributed by atoms with Gasteiger partial charge in [0, 0.05) is 29.2 Å². The maximum atomic E-state index is 10.9. The van der Waals surface area contributed by atoms with Crippen molar-refractivity contribution in [3.05, 3.63) is 134 Å². The zero-order valence-electron chi connectivity index (χ0n) is 18.7. The second-order valence-electron chi connectivity index (χ2n) is 8.16. The normalized spacial score (nSPS) is 15.4. The number of anilines is 1. The lowest BCUT2D eigenvalue weighted by Gasteiger charge is -2.24. The highest BCUT2D eigenvalue weighted by Crippen LogP contribution is 2.37. The molecule has 0 radical (unpaired) electrons. The van der Waals surface area contributed by atoms with E-state index in [1.165, 1.54) is 17.7 Å². The smallest absolute Gasteiger partial charge is 0.258 e. The summed E-state index contributed by atoms with van der Waals surface area (Å²) in [5.41, 5.74) is 5.90. The van der Waals surface area contributed by atoms with Crippen molar-refractivity contribution in [2.45, 2.75) is 12.5 Å². The third-order valence-electron chi connectivity index (χ3n) is 5.83.